The molecule has 0 bridgehead atoms. The molecular weight excluding hydrogens is 116 g/mol. The maximum atomic E-state index is 10.7. The molecule has 0 radical (unpaired) electrons. The van der Waals surface area contributed by atoms with Gasteiger partial charge in [-0.3, -0.25) is 4.79 Å². The second kappa shape index (κ2) is 2.48. The van der Waals surface area contributed by atoms with Crippen LogP contribution in [0.2, 0.25) is 0 Å². The molecule has 0 amide bonds. The van der Waals surface area contributed by atoms with Crippen LogP contribution >= 0.6 is 0 Å². The van der Waals surface area contributed by atoms with E-state index in [1.807, 2.05) is 13.8 Å². The van der Waals surface area contributed by atoms with Crippen LogP contribution in [-0.4, -0.2) is 18.5 Å². The van der Waals surface area contributed by atoms with Gasteiger partial charge in [0.2, 0.25) is 0 Å². The van der Waals surface area contributed by atoms with Crippen molar-refractivity contribution in [2.24, 2.45) is 5.92 Å². The molecule has 0 aliphatic heterocycles. The summed E-state index contributed by atoms with van der Waals surface area (Å²) in [6, 6.07) is 0. The third-order valence-electron chi connectivity index (χ3n) is 1.70. The molecule has 1 saturated carbocycles. The summed E-state index contributed by atoms with van der Waals surface area (Å²) >= 11 is 0. The van der Waals surface area contributed by atoms with E-state index in [4.69, 9.17) is 4.74 Å². The van der Waals surface area contributed by atoms with Gasteiger partial charge in [0.15, 0.2) is 5.78 Å². The summed E-state index contributed by atoms with van der Waals surface area (Å²) in [4.78, 5) is 10.7. The first kappa shape index (κ1) is 6.75. The second-order valence-corrected chi connectivity index (χ2v) is 2.52. The van der Waals surface area contributed by atoms with Gasteiger partial charge in [-0.1, -0.05) is 6.92 Å². The lowest BCUT2D eigenvalue weighted by Gasteiger charge is -2.31. The molecule has 0 aromatic carbocycles. The maximum absolute atomic E-state index is 10.7. The number of rotatable bonds is 2. The molecule has 0 N–H and O–H groups in total. The zero-order chi connectivity index (χ0) is 6.85. The summed E-state index contributed by atoms with van der Waals surface area (Å²) in [6.45, 7) is 4.61. The van der Waals surface area contributed by atoms with Crippen LogP contribution in [0, 0.1) is 5.92 Å². The Balaban J connectivity index is 2.30. The summed E-state index contributed by atoms with van der Waals surface area (Å²) in [7, 11) is 0. The van der Waals surface area contributed by atoms with E-state index in [0.29, 0.717) is 18.9 Å². The third-order valence-corrected chi connectivity index (χ3v) is 1.70. The van der Waals surface area contributed by atoms with Crippen LogP contribution in [0.4, 0.5) is 0 Å². The van der Waals surface area contributed by atoms with Crippen molar-refractivity contribution >= 4 is 5.78 Å². The van der Waals surface area contributed by atoms with E-state index in [0.717, 1.165) is 0 Å². The minimum absolute atomic E-state index is 0.0741. The van der Waals surface area contributed by atoms with Crippen molar-refractivity contribution in [2.45, 2.75) is 26.4 Å². The minimum Gasteiger partial charge on any atom is -0.370 e. The van der Waals surface area contributed by atoms with Gasteiger partial charge in [0.25, 0.3) is 0 Å². The number of hydrogen-bond acceptors (Lipinski definition) is 2. The van der Waals surface area contributed by atoms with Gasteiger partial charge in [-0.25, -0.2) is 0 Å². The van der Waals surface area contributed by atoms with Crippen LogP contribution in [0.25, 0.3) is 0 Å². The number of carbonyl (C=O) groups is 1. The first-order valence-corrected chi connectivity index (χ1v) is 3.40. The van der Waals surface area contributed by atoms with Gasteiger partial charge in [0.1, 0.15) is 6.10 Å². The molecule has 9 heavy (non-hydrogen) atoms. The topological polar surface area (TPSA) is 26.3 Å². The van der Waals surface area contributed by atoms with Crippen LogP contribution in [0.5, 0.6) is 0 Å². The SMILES string of the molecule is CCOC1C(=O)CC1C. The van der Waals surface area contributed by atoms with Crippen LogP contribution in [0.15, 0.2) is 0 Å². The van der Waals surface area contributed by atoms with Gasteiger partial charge >= 0.3 is 0 Å². The second-order valence-electron chi connectivity index (χ2n) is 2.52. The standard InChI is InChI=1S/C7H12O2/c1-3-9-7-5(2)4-6(7)8/h5,7H,3-4H2,1-2H3. The average molecular weight is 128 g/mol. The van der Waals surface area contributed by atoms with E-state index in [1.165, 1.54) is 0 Å². The molecular formula is C7H12O2. The highest BCUT2D eigenvalue weighted by atomic mass is 16.5. The number of ketones is 1. The van der Waals surface area contributed by atoms with Crippen LogP contribution in [0.3, 0.4) is 0 Å². The molecule has 52 valence electrons. The van der Waals surface area contributed by atoms with Gasteiger partial charge in [-0.05, 0) is 12.8 Å². The third kappa shape index (κ3) is 1.13. The smallest absolute Gasteiger partial charge is 0.162 e. The molecule has 0 aromatic rings. The molecule has 0 aromatic heterocycles. The molecule has 1 aliphatic carbocycles. The zero-order valence-electron chi connectivity index (χ0n) is 5.89. The Labute approximate surface area is 55.2 Å². The van der Waals surface area contributed by atoms with Crippen molar-refractivity contribution in [1.82, 2.24) is 0 Å². The van der Waals surface area contributed by atoms with Crippen molar-refractivity contribution in [3.8, 4) is 0 Å². The highest BCUT2D eigenvalue weighted by molar-refractivity contribution is 5.89. The van der Waals surface area contributed by atoms with E-state index in [2.05, 4.69) is 0 Å². The lowest BCUT2D eigenvalue weighted by molar-refractivity contribution is -0.146. The molecule has 1 rings (SSSR count). The summed E-state index contributed by atoms with van der Waals surface area (Å²) in [5, 5.41) is 0. The number of ether oxygens (including phenoxy) is 1. The van der Waals surface area contributed by atoms with Crippen LogP contribution in [-0.2, 0) is 9.53 Å². The normalized spacial score (nSPS) is 34.2. The van der Waals surface area contributed by atoms with Gasteiger partial charge in [-0.15, -0.1) is 0 Å². The lowest BCUT2D eigenvalue weighted by atomic mass is 9.82. The lowest BCUT2D eigenvalue weighted by Crippen LogP contribution is -2.42. The molecule has 2 heteroatoms. The van der Waals surface area contributed by atoms with Gasteiger partial charge in [0.05, 0.1) is 0 Å². The minimum atomic E-state index is -0.0741. The monoisotopic (exact) mass is 128 g/mol. The Morgan fingerprint density at radius 3 is 2.67 bits per heavy atom. The Morgan fingerprint density at radius 2 is 2.44 bits per heavy atom. The predicted molar refractivity (Wildman–Crippen MR) is 34.2 cm³/mol. The Kier molecular flexibility index (Phi) is 1.86. The van der Waals surface area contributed by atoms with E-state index < -0.39 is 0 Å². The van der Waals surface area contributed by atoms with Crippen molar-refractivity contribution in [3.05, 3.63) is 0 Å². The van der Waals surface area contributed by atoms with Gasteiger partial charge in [0, 0.05) is 13.0 Å². The van der Waals surface area contributed by atoms with Crippen molar-refractivity contribution < 1.29 is 9.53 Å². The Bertz CT molecular complexity index is 120. The fourth-order valence-electron chi connectivity index (χ4n) is 1.13. The van der Waals surface area contributed by atoms with Gasteiger partial charge in [-0.2, -0.15) is 0 Å². The quantitative estimate of drug-likeness (QED) is 0.554. The summed E-state index contributed by atoms with van der Waals surface area (Å²) in [5.41, 5.74) is 0. The van der Waals surface area contributed by atoms with Crippen LogP contribution < -0.4 is 0 Å². The van der Waals surface area contributed by atoms with Crippen LogP contribution in [0.1, 0.15) is 20.3 Å². The van der Waals surface area contributed by atoms with Crippen molar-refractivity contribution in [2.75, 3.05) is 6.61 Å². The maximum Gasteiger partial charge on any atom is 0.162 e. The fourth-order valence-corrected chi connectivity index (χ4v) is 1.13. The molecule has 1 fully saturated rings. The van der Waals surface area contributed by atoms with E-state index in [9.17, 15) is 4.79 Å². The van der Waals surface area contributed by atoms with E-state index in [1.54, 1.807) is 0 Å². The first-order valence-electron chi connectivity index (χ1n) is 3.40. The predicted octanol–water partition coefficient (Wildman–Crippen LogP) is 1.00. The summed E-state index contributed by atoms with van der Waals surface area (Å²) < 4.78 is 5.15. The molecule has 1 aliphatic rings. The molecule has 0 saturated heterocycles. The van der Waals surface area contributed by atoms with Crippen molar-refractivity contribution in [3.63, 3.8) is 0 Å². The fraction of sp³-hybridized carbons (Fsp3) is 0.857. The number of Topliss-reactive ketones (excluding diaryl/α,β-unsaturated/α-hetero) is 1. The number of carbonyl (C=O) groups excluding carboxylic acids is 1. The highest BCUT2D eigenvalue weighted by Gasteiger charge is 2.36. The zero-order valence-corrected chi connectivity index (χ0v) is 5.89. The molecule has 0 heterocycles. The van der Waals surface area contributed by atoms with E-state index in [-0.39, 0.29) is 11.9 Å². The summed E-state index contributed by atoms with van der Waals surface area (Å²) in [6.07, 6.45) is 0.639. The molecule has 0 spiro atoms. The first-order chi connectivity index (χ1) is 4.25. The Morgan fingerprint density at radius 1 is 1.78 bits per heavy atom. The summed E-state index contributed by atoms with van der Waals surface area (Å²) in [5.74, 6) is 0.724. The average Bonchev–Trinajstić information content (AvgIpc) is 1.84. The molecule has 2 nitrogen and oxygen atoms in total. The highest BCUT2D eigenvalue weighted by Crippen LogP contribution is 2.25. The largest absolute Gasteiger partial charge is 0.370 e. The number of hydrogen-bond donors (Lipinski definition) is 0. The van der Waals surface area contributed by atoms with E-state index >= 15 is 0 Å². The molecule has 2 unspecified atom stereocenters. The van der Waals surface area contributed by atoms with Crippen molar-refractivity contribution in [1.29, 1.82) is 0 Å². The molecule has 2 atom stereocenters. The van der Waals surface area contributed by atoms with Gasteiger partial charge < -0.3 is 4.74 Å². The Hall–Kier alpha value is -0.370.